The van der Waals surface area contributed by atoms with E-state index < -0.39 is 10.8 Å². The number of amides is 1. The van der Waals surface area contributed by atoms with Crippen LogP contribution in [-0.4, -0.2) is 49.4 Å². The van der Waals surface area contributed by atoms with Gasteiger partial charge in [-0.25, -0.2) is 4.98 Å². The van der Waals surface area contributed by atoms with Crippen molar-refractivity contribution in [2.45, 2.75) is 75.5 Å². The predicted molar refractivity (Wildman–Crippen MR) is 145 cm³/mol. The van der Waals surface area contributed by atoms with Gasteiger partial charge >= 0.3 is 0 Å². The highest BCUT2D eigenvalue weighted by molar-refractivity contribution is 7.84. The molecule has 8 heteroatoms. The van der Waals surface area contributed by atoms with Gasteiger partial charge in [0.05, 0.1) is 11.4 Å². The summed E-state index contributed by atoms with van der Waals surface area (Å²) in [5.74, 6) is 1.50. The van der Waals surface area contributed by atoms with Crippen molar-refractivity contribution < 1.29 is 13.4 Å². The Morgan fingerprint density at radius 3 is 2.54 bits per heavy atom. The van der Waals surface area contributed by atoms with Crippen LogP contribution in [0.15, 0.2) is 53.2 Å². The van der Waals surface area contributed by atoms with Crippen molar-refractivity contribution >= 4 is 16.7 Å². The van der Waals surface area contributed by atoms with Crippen LogP contribution in [0.2, 0.25) is 0 Å². The average molecular weight is 521 g/mol. The van der Waals surface area contributed by atoms with Crippen LogP contribution in [0.1, 0.15) is 72.3 Å². The first-order valence-corrected chi connectivity index (χ1v) is 14.8. The van der Waals surface area contributed by atoms with Crippen molar-refractivity contribution in [3.8, 4) is 11.5 Å². The summed E-state index contributed by atoms with van der Waals surface area (Å²) in [5.41, 5.74) is 3.08. The van der Waals surface area contributed by atoms with Crippen molar-refractivity contribution in [3.63, 3.8) is 0 Å². The normalized spacial score (nSPS) is 21.4. The van der Waals surface area contributed by atoms with Crippen LogP contribution in [0.5, 0.6) is 0 Å². The number of nitrogens with zero attached hydrogens (tertiary/aromatic N) is 3. The molecule has 1 aliphatic carbocycles. The molecule has 37 heavy (non-hydrogen) atoms. The number of pyridine rings is 1. The minimum atomic E-state index is -0.957. The summed E-state index contributed by atoms with van der Waals surface area (Å²) < 4.78 is 19.1. The molecule has 0 bridgehead atoms. The molecule has 1 N–H and O–H groups in total. The maximum atomic E-state index is 13.2. The molecular formula is C29H36N4O3S. The molecule has 0 radical (unpaired) electrons. The number of benzene rings is 1. The van der Waals surface area contributed by atoms with Gasteiger partial charge in [-0.2, -0.15) is 0 Å². The summed E-state index contributed by atoms with van der Waals surface area (Å²) in [5, 5.41) is 3.15. The fraction of sp³-hybridized carbons (Fsp3) is 0.483. The van der Waals surface area contributed by atoms with Gasteiger partial charge in [-0.05, 0) is 94.4 Å². The highest BCUT2D eigenvalue weighted by Gasteiger charge is 2.30. The number of rotatable bonds is 8. The highest BCUT2D eigenvalue weighted by Crippen LogP contribution is 2.30. The molecule has 1 aromatic carbocycles. The lowest BCUT2D eigenvalue weighted by atomic mass is 9.92. The molecule has 196 valence electrons. The second-order valence-corrected chi connectivity index (χ2v) is 11.9. The summed E-state index contributed by atoms with van der Waals surface area (Å²) in [6.07, 6.45) is 11.8. The summed E-state index contributed by atoms with van der Waals surface area (Å²) in [6, 6.07) is 11.7. The van der Waals surface area contributed by atoms with E-state index in [0.717, 1.165) is 42.5 Å². The third kappa shape index (κ3) is 6.54. The molecule has 3 heterocycles. The van der Waals surface area contributed by atoms with Gasteiger partial charge in [-0.15, -0.1) is 0 Å². The molecule has 0 spiro atoms. The van der Waals surface area contributed by atoms with E-state index in [1.54, 1.807) is 24.5 Å². The third-order valence-corrected chi connectivity index (χ3v) is 9.44. The second kappa shape index (κ2) is 12.1. The molecule has 3 aromatic rings. The van der Waals surface area contributed by atoms with Crippen LogP contribution in [0.25, 0.3) is 11.5 Å². The number of aryl methyl sites for hydroxylation is 1. The number of hydrogen-bond acceptors (Lipinski definition) is 6. The average Bonchev–Trinajstić information content (AvgIpc) is 3.32. The summed E-state index contributed by atoms with van der Waals surface area (Å²) in [6.45, 7) is 4.77. The van der Waals surface area contributed by atoms with E-state index in [0.29, 0.717) is 35.6 Å². The molecule has 2 fully saturated rings. The largest absolute Gasteiger partial charge is 0.441 e. The number of carbonyl (C=O) groups is 1. The maximum Gasteiger partial charge on any atom is 0.251 e. The molecule has 1 aliphatic heterocycles. The van der Waals surface area contributed by atoms with E-state index in [1.807, 2.05) is 31.2 Å². The van der Waals surface area contributed by atoms with Crippen LogP contribution >= 0.6 is 0 Å². The van der Waals surface area contributed by atoms with Crippen molar-refractivity contribution in [2.75, 3.05) is 13.1 Å². The van der Waals surface area contributed by atoms with Crippen LogP contribution < -0.4 is 5.32 Å². The maximum absolute atomic E-state index is 13.2. The van der Waals surface area contributed by atoms with Gasteiger partial charge in [0.2, 0.25) is 5.89 Å². The molecule has 1 amide bonds. The van der Waals surface area contributed by atoms with Crippen molar-refractivity contribution in [1.29, 1.82) is 0 Å². The molecule has 1 saturated carbocycles. The molecular weight excluding hydrogens is 484 g/mol. The highest BCUT2D eigenvalue weighted by atomic mass is 32.2. The van der Waals surface area contributed by atoms with E-state index in [-0.39, 0.29) is 11.2 Å². The molecule has 1 atom stereocenters. The van der Waals surface area contributed by atoms with Gasteiger partial charge < -0.3 is 14.6 Å². The molecule has 2 aliphatic rings. The Morgan fingerprint density at radius 2 is 1.84 bits per heavy atom. The van der Waals surface area contributed by atoms with E-state index in [4.69, 9.17) is 4.42 Å². The first kappa shape index (κ1) is 25.8. The number of nitrogens with one attached hydrogen (secondary N) is 1. The predicted octanol–water partition coefficient (Wildman–Crippen LogP) is 5.02. The fourth-order valence-corrected chi connectivity index (χ4v) is 7.02. The van der Waals surface area contributed by atoms with Gasteiger partial charge in [0.15, 0.2) is 0 Å². The molecule has 5 rings (SSSR count). The van der Waals surface area contributed by atoms with Gasteiger partial charge in [0, 0.05) is 52.2 Å². The zero-order chi connectivity index (χ0) is 25.6. The third-order valence-electron chi connectivity index (χ3n) is 7.66. The Morgan fingerprint density at radius 1 is 1.08 bits per heavy atom. The lowest BCUT2D eigenvalue weighted by Crippen LogP contribution is -2.42. The van der Waals surface area contributed by atoms with Crippen molar-refractivity contribution in [2.24, 2.45) is 0 Å². The Hall–Kier alpha value is -2.84. The van der Waals surface area contributed by atoms with Crippen LogP contribution in [0.3, 0.4) is 0 Å². The first-order chi connectivity index (χ1) is 18.1. The van der Waals surface area contributed by atoms with Gasteiger partial charge in [0.25, 0.3) is 5.91 Å². The number of oxazole rings is 1. The van der Waals surface area contributed by atoms with Gasteiger partial charge in [-0.3, -0.25) is 14.0 Å². The molecule has 1 saturated heterocycles. The number of hydrogen-bond donors (Lipinski definition) is 1. The number of carbonyl (C=O) groups excluding carboxylic acids is 1. The summed E-state index contributed by atoms with van der Waals surface area (Å²) >= 11 is 0. The monoisotopic (exact) mass is 520 g/mol. The Kier molecular flexibility index (Phi) is 8.46. The van der Waals surface area contributed by atoms with Crippen molar-refractivity contribution in [3.05, 3.63) is 71.4 Å². The van der Waals surface area contributed by atoms with Crippen LogP contribution in [-0.2, 0) is 23.1 Å². The lowest BCUT2D eigenvalue weighted by molar-refractivity contribution is 0.0951. The van der Waals surface area contributed by atoms with Crippen molar-refractivity contribution in [1.82, 2.24) is 20.2 Å². The molecule has 1 unspecified atom stereocenters. The SMILES string of the molecule is Cc1oc(-c2ccc(C(=O)NCc3cccnc3)cc2)nc1CS(=O)C1CCC(N2CCCCC2)CC1. The zero-order valence-electron chi connectivity index (χ0n) is 21.5. The van der Waals surface area contributed by atoms with E-state index in [2.05, 4.69) is 20.2 Å². The molecule has 7 nitrogen and oxygen atoms in total. The Bertz CT molecular complexity index is 1200. The smallest absolute Gasteiger partial charge is 0.251 e. The van der Waals surface area contributed by atoms with Crippen LogP contribution in [0, 0.1) is 6.92 Å². The topological polar surface area (TPSA) is 88.3 Å². The Balaban J connectivity index is 1.15. The van der Waals surface area contributed by atoms with E-state index >= 15 is 0 Å². The minimum absolute atomic E-state index is 0.148. The molecule has 2 aromatic heterocycles. The number of piperidine rings is 1. The Labute approximate surface area is 221 Å². The van der Waals surface area contributed by atoms with Crippen LogP contribution in [0.4, 0.5) is 0 Å². The zero-order valence-corrected chi connectivity index (χ0v) is 22.3. The summed E-state index contributed by atoms with van der Waals surface area (Å²) in [7, 11) is -0.957. The second-order valence-electron chi connectivity index (χ2n) is 10.2. The van der Waals surface area contributed by atoms with Gasteiger partial charge in [-0.1, -0.05) is 12.5 Å². The lowest BCUT2D eigenvalue weighted by Gasteiger charge is -2.38. The number of likely N-dealkylation sites (tertiary alicyclic amines) is 1. The fourth-order valence-electron chi connectivity index (χ4n) is 5.45. The van der Waals surface area contributed by atoms with E-state index in [9.17, 15) is 9.00 Å². The quantitative estimate of drug-likeness (QED) is 0.449. The van der Waals surface area contributed by atoms with E-state index in [1.165, 1.54) is 32.4 Å². The minimum Gasteiger partial charge on any atom is -0.441 e. The standard InChI is InChI=1S/C29H36N4O3S/c1-21-27(20-37(35)26-13-11-25(12-14-26)33-16-3-2-4-17-33)32-29(36-21)24-9-7-23(8-10-24)28(34)31-19-22-6-5-15-30-18-22/h5-10,15,18,25-26H,2-4,11-14,16-17,19-20H2,1H3,(H,31,34). The summed E-state index contributed by atoms with van der Waals surface area (Å²) in [4.78, 5) is 23.9. The first-order valence-electron chi connectivity index (χ1n) is 13.4. The van der Waals surface area contributed by atoms with Gasteiger partial charge in [0.1, 0.15) is 5.76 Å². The number of aromatic nitrogens is 2.